The van der Waals surface area contributed by atoms with Gasteiger partial charge >= 0.3 is 0 Å². The number of nitrogens with one attached hydrogen (secondary N) is 1. The summed E-state index contributed by atoms with van der Waals surface area (Å²) in [5.74, 6) is 5.93. The van der Waals surface area contributed by atoms with Crippen molar-refractivity contribution in [2.45, 2.75) is 25.3 Å². The highest BCUT2D eigenvalue weighted by molar-refractivity contribution is 5.17. The lowest BCUT2D eigenvalue weighted by Crippen LogP contribution is -2.38. The second-order valence-corrected chi connectivity index (χ2v) is 4.66. The van der Waals surface area contributed by atoms with Gasteiger partial charge in [-0.3, -0.25) is 11.3 Å². The average Bonchev–Trinajstić information content (AvgIpc) is 2.81. The number of hydrogen-bond donors (Lipinski definition) is 2. The van der Waals surface area contributed by atoms with E-state index < -0.39 is 0 Å². The second kappa shape index (κ2) is 6.10. The summed E-state index contributed by atoms with van der Waals surface area (Å²) in [5.41, 5.74) is 3.80. The van der Waals surface area contributed by atoms with Crippen LogP contribution in [0, 0.1) is 11.7 Å². The molecule has 0 radical (unpaired) electrons. The minimum Gasteiger partial charge on any atom is -0.381 e. The molecule has 4 heteroatoms. The molecular weight excluding hydrogens is 219 g/mol. The Balaban J connectivity index is 1.90. The number of hydrazine groups is 1. The molecule has 1 heterocycles. The maximum atomic E-state index is 13.1. The van der Waals surface area contributed by atoms with Gasteiger partial charge in [0.15, 0.2) is 0 Å². The van der Waals surface area contributed by atoms with Gasteiger partial charge in [-0.25, -0.2) is 4.39 Å². The van der Waals surface area contributed by atoms with Crippen LogP contribution in [0.25, 0.3) is 0 Å². The summed E-state index contributed by atoms with van der Waals surface area (Å²) in [6, 6.07) is 6.87. The molecule has 0 aromatic heterocycles. The molecule has 0 aliphatic carbocycles. The van der Waals surface area contributed by atoms with E-state index in [2.05, 4.69) is 5.43 Å². The zero-order chi connectivity index (χ0) is 12.1. The molecule has 1 aliphatic rings. The number of hydrogen-bond acceptors (Lipinski definition) is 3. The Hall–Kier alpha value is -0.970. The van der Waals surface area contributed by atoms with E-state index >= 15 is 0 Å². The van der Waals surface area contributed by atoms with Gasteiger partial charge in [0.2, 0.25) is 0 Å². The molecule has 1 aromatic rings. The Morgan fingerprint density at radius 3 is 3.06 bits per heavy atom. The molecule has 2 unspecified atom stereocenters. The molecule has 1 aromatic carbocycles. The molecule has 2 atom stereocenters. The van der Waals surface area contributed by atoms with Gasteiger partial charge in [-0.1, -0.05) is 12.1 Å². The molecule has 1 fully saturated rings. The lowest BCUT2D eigenvalue weighted by atomic mass is 9.95. The minimum atomic E-state index is -0.192. The first kappa shape index (κ1) is 12.5. The topological polar surface area (TPSA) is 47.3 Å². The number of nitrogens with two attached hydrogens (primary N) is 1. The Kier molecular flexibility index (Phi) is 4.48. The van der Waals surface area contributed by atoms with Crippen LogP contribution < -0.4 is 11.3 Å². The van der Waals surface area contributed by atoms with Crippen LogP contribution in [0.2, 0.25) is 0 Å². The van der Waals surface area contributed by atoms with E-state index in [0.29, 0.717) is 5.92 Å². The molecule has 0 amide bonds. The maximum Gasteiger partial charge on any atom is 0.123 e. The fourth-order valence-electron chi connectivity index (χ4n) is 2.33. The smallest absolute Gasteiger partial charge is 0.123 e. The van der Waals surface area contributed by atoms with Crippen molar-refractivity contribution in [1.29, 1.82) is 0 Å². The van der Waals surface area contributed by atoms with Crippen LogP contribution in [0.3, 0.4) is 0 Å². The van der Waals surface area contributed by atoms with Crippen molar-refractivity contribution in [1.82, 2.24) is 5.43 Å². The zero-order valence-electron chi connectivity index (χ0n) is 9.86. The third-order valence-corrected chi connectivity index (χ3v) is 3.25. The third kappa shape index (κ3) is 3.77. The predicted molar refractivity (Wildman–Crippen MR) is 64.8 cm³/mol. The van der Waals surface area contributed by atoms with Gasteiger partial charge in [0.1, 0.15) is 5.82 Å². The van der Waals surface area contributed by atoms with Crippen molar-refractivity contribution in [2.75, 3.05) is 13.2 Å². The highest BCUT2D eigenvalue weighted by atomic mass is 19.1. The maximum absolute atomic E-state index is 13.1. The first-order chi connectivity index (χ1) is 8.28. The summed E-state index contributed by atoms with van der Waals surface area (Å²) in [5, 5.41) is 0. The van der Waals surface area contributed by atoms with Crippen LogP contribution in [-0.2, 0) is 11.2 Å². The van der Waals surface area contributed by atoms with Crippen LogP contribution in [0.15, 0.2) is 24.3 Å². The Morgan fingerprint density at radius 1 is 1.53 bits per heavy atom. The molecule has 94 valence electrons. The fraction of sp³-hybridized carbons (Fsp3) is 0.538. The average molecular weight is 238 g/mol. The Bertz CT molecular complexity index is 353. The lowest BCUT2D eigenvalue weighted by Gasteiger charge is -2.19. The summed E-state index contributed by atoms with van der Waals surface area (Å²) in [7, 11) is 0. The summed E-state index contributed by atoms with van der Waals surface area (Å²) >= 11 is 0. The molecule has 3 nitrogen and oxygen atoms in total. The van der Waals surface area contributed by atoms with Crippen LogP contribution in [0.1, 0.15) is 18.4 Å². The van der Waals surface area contributed by atoms with Gasteiger partial charge < -0.3 is 4.74 Å². The van der Waals surface area contributed by atoms with Crippen molar-refractivity contribution in [2.24, 2.45) is 11.8 Å². The standard InChI is InChI=1S/C13H19FN2O/c14-12-3-1-2-10(6-12)7-13(16-15)8-11-4-5-17-9-11/h1-3,6,11,13,16H,4-5,7-9,15H2. The molecule has 0 spiro atoms. The second-order valence-electron chi connectivity index (χ2n) is 4.66. The summed E-state index contributed by atoms with van der Waals surface area (Å²) in [6.07, 6.45) is 2.83. The molecule has 2 rings (SSSR count). The molecular formula is C13H19FN2O. The van der Waals surface area contributed by atoms with Gasteiger partial charge in [0.05, 0.1) is 0 Å². The quantitative estimate of drug-likeness (QED) is 0.605. The summed E-state index contributed by atoms with van der Waals surface area (Å²) < 4.78 is 18.4. The summed E-state index contributed by atoms with van der Waals surface area (Å²) in [6.45, 7) is 1.67. The van der Waals surface area contributed by atoms with E-state index in [4.69, 9.17) is 10.6 Å². The largest absolute Gasteiger partial charge is 0.381 e. The third-order valence-electron chi connectivity index (χ3n) is 3.25. The van der Waals surface area contributed by atoms with E-state index in [1.54, 1.807) is 12.1 Å². The first-order valence-electron chi connectivity index (χ1n) is 6.06. The van der Waals surface area contributed by atoms with Crippen molar-refractivity contribution in [3.05, 3.63) is 35.6 Å². The van der Waals surface area contributed by atoms with Crippen molar-refractivity contribution in [3.63, 3.8) is 0 Å². The molecule has 1 saturated heterocycles. The molecule has 0 bridgehead atoms. The first-order valence-corrected chi connectivity index (χ1v) is 6.06. The van der Waals surface area contributed by atoms with Crippen molar-refractivity contribution < 1.29 is 9.13 Å². The van der Waals surface area contributed by atoms with Crippen molar-refractivity contribution >= 4 is 0 Å². The number of benzene rings is 1. The zero-order valence-corrected chi connectivity index (χ0v) is 9.86. The number of rotatable bonds is 5. The van der Waals surface area contributed by atoms with Crippen LogP contribution in [0.5, 0.6) is 0 Å². The van der Waals surface area contributed by atoms with Gasteiger partial charge in [-0.05, 0) is 42.9 Å². The van der Waals surface area contributed by atoms with E-state index in [-0.39, 0.29) is 11.9 Å². The van der Waals surface area contributed by atoms with Gasteiger partial charge in [-0.2, -0.15) is 0 Å². The fourth-order valence-corrected chi connectivity index (χ4v) is 2.33. The Labute approximate surface area is 101 Å². The number of halogens is 1. The summed E-state index contributed by atoms with van der Waals surface area (Å²) in [4.78, 5) is 0. The minimum absolute atomic E-state index is 0.184. The highest BCUT2D eigenvalue weighted by Gasteiger charge is 2.20. The molecule has 1 aliphatic heterocycles. The Morgan fingerprint density at radius 2 is 2.41 bits per heavy atom. The molecule has 17 heavy (non-hydrogen) atoms. The monoisotopic (exact) mass is 238 g/mol. The normalized spacial score (nSPS) is 21.6. The van der Waals surface area contributed by atoms with Gasteiger partial charge in [0, 0.05) is 19.3 Å². The van der Waals surface area contributed by atoms with E-state index in [1.165, 1.54) is 6.07 Å². The van der Waals surface area contributed by atoms with Crippen LogP contribution >= 0.6 is 0 Å². The molecule has 0 saturated carbocycles. The number of ether oxygens (including phenoxy) is 1. The van der Waals surface area contributed by atoms with Gasteiger partial charge in [0.25, 0.3) is 0 Å². The lowest BCUT2D eigenvalue weighted by molar-refractivity contribution is 0.181. The van der Waals surface area contributed by atoms with E-state index in [9.17, 15) is 4.39 Å². The predicted octanol–water partition coefficient (Wildman–Crippen LogP) is 1.63. The van der Waals surface area contributed by atoms with E-state index in [0.717, 1.165) is 38.0 Å². The SMILES string of the molecule is NNC(Cc1cccc(F)c1)CC1CCOC1. The highest BCUT2D eigenvalue weighted by Crippen LogP contribution is 2.19. The van der Waals surface area contributed by atoms with Crippen LogP contribution in [0.4, 0.5) is 4.39 Å². The van der Waals surface area contributed by atoms with Gasteiger partial charge in [-0.15, -0.1) is 0 Å². The van der Waals surface area contributed by atoms with E-state index in [1.807, 2.05) is 6.07 Å². The van der Waals surface area contributed by atoms with Crippen LogP contribution in [-0.4, -0.2) is 19.3 Å². The molecule has 3 N–H and O–H groups in total. The van der Waals surface area contributed by atoms with Crippen molar-refractivity contribution in [3.8, 4) is 0 Å².